The van der Waals surface area contributed by atoms with Crippen LogP contribution in [-0.4, -0.2) is 24.4 Å². The molecule has 0 bridgehead atoms. The number of rotatable bonds is 6. The van der Waals surface area contributed by atoms with E-state index < -0.39 is 0 Å². The zero-order valence-electron chi connectivity index (χ0n) is 10.6. The quantitative estimate of drug-likeness (QED) is 0.641. The van der Waals surface area contributed by atoms with Gasteiger partial charge in [0.1, 0.15) is 12.4 Å². The largest absolute Gasteiger partial charge is 0.492 e. The summed E-state index contributed by atoms with van der Waals surface area (Å²) in [6, 6.07) is 3.80. The van der Waals surface area contributed by atoms with E-state index in [2.05, 4.69) is 21.2 Å². The van der Waals surface area contributed by atoms with Crippen LogP contribution < -0.4 is 10.1 Å². The third-order valence-corrected chi connectivity index (χ3v) is 3.42. The van der Waals surface area contributed by atoms with Gasteiger partial charge in [-0.25, -0.2) is 0 Å². The lowest BCUT2D eigenvalue weighted by atomic mass is 10.1. The van der Waals surface area contributed by atoms with Gasteiger partial charge in [0.05, 0.1) is 6.54 Å². The molecule has 0 atom stereocenters. The Kier molecular flexibility index (Phi) is 6.50. The lowest BCUT2D eigenvalue weighted by molar-refractivity contribution is -0.120. The molecule has 0 aromatic heterocycles. The number of hydrogen-bond donors (Lipinski definition) is 1. The Labute approximate surface area is 121 Å². The predicted molar refractivity (Wildman–Crippen MR) is 77.8 cm³/mol. The Bertz CT molecular complexity index is 400. The number of aryl methyl sites for hydroxylation is 2. The van der Waals surface area contributed by atoms with E-state index in [4.69, 9.17) is 16.3 Å². The van der Waals surface area contributed by atoms with E-state index in [0.717, 1.165) is 21.9 Å². The molecular formula is C13H17BrClNO2. The molecule has 3 nitrogen and oxygen atoms in total. The fraction of sp³-hybridized carbons (Fsp3) is 0.462. The molecule has 1 aromatic carbocycles. The molecule has 18 heavy (non-hydrogen) atoms. The van der Waals surface area contributed by atoms with Crippen LogP contribution in [0, 0.1) is 13.8 Å². The van der Waals surface area contributed by atoms with Crippen molar-refractivity contribution in [1.29, 1.82) is 0 Å². The molecule has 1 N–H and O–H groups in total. The number of benzene rings is 1. The number of hydrogen-bond acceptors (Lipinski definition) is 2. The molecule has 0 radical (unpaired) electrons. The molecule has 0 saturated heterocycles. The highest BCUT2D eigenvalue weighted by molar-refractivity contribution is 9.09. The van der Waals surface area contributed by atoms with Gasteiger partial charge in [0, 0.05) is 16.8 Å². The second-order valence-electron chi connectivity index (χ2n) is 4.01. The topological polar surface area (TPSA) is 38.3 Å². The van der Waals surface area contributed by atoms with Crippen molar-refractivity contribution in [3.63, 3.8) is 0 Å². The zero-order chi connectivity index (χ0) is 13.5. The van der Waals surface area contributed by atoms with Crippen molar-refractivity contribution in [3.8, 4) is 5.75 Å². The average Bonchev–Trinajstić information content (AvgIpc) is 2.32. The smallest absolute Gasteiger partial charge is 0.220 e. The number of nitrogens with one attached hydrogen (secondary N) is 1. The zero-order valence-corrected chi connectivity index (χ0v) is 12.9. The van der Waals surface area contributed by atoms with Crippen LogP contribution in [-0.2, 0) is 4.79 Å². The van der Waals surface area contributed by atoms with Gasteiger partial charge in [-0.1, -0.05) is 27.5 Å². The van der Waals surface area contributed by atoms with Crippen molar-refractivity contribution in [2.45, 2.75) is 20.3 Å². The molecule has 100 valence electrons. The SMILES string of the molecule is Cc1cc(OCCNC(=O)CCBr)cc(C)c1Cl. The molecule has 1 amide bonds. The van der Waals surface area contributed by atoms with Crippen molar-refractivity contribution < 1.29 is 9.53 Å². The summed E-state index contributed by atoms with van der Waals surface area (Å²) in [7, 11) is 0. The van der Waals surface area contributed by atoms with Crippen molar-refractivity contribution in [1.82, 2.24) is 5.32 Å². The summed E-state index contributed by atoms with van der Waals surface area (Å²) < 4.78 is 5.57. The van der Waals surface area contributed by atoms with Gasteiger partial charge in [0.15, 0.2) is 0 Å². The Balaban J connectivity index is 2.38. The van der Waals surface area contributed by atoms with Crippen molar-refractivity contribution in [2.24, 2.45) is 0 Å². The summed E-state index contributed by atoms with van der Waals surface area (Å²) in [6.45, 7) is 4.85. The van der Waals surface area contributed by atoms with Gasteiger partial charge in [-0.3, -0.25) is 4.79 Å². The second-order valence-corrected chi connectivity index (χ2v) is 5.18. The highest BCUT2D eigenvalue weighted by Crippen LogP contribution is 2.25. The maximum atomic E-state index is 11.2. The van der Waals surface area contributed by atoms with E-state index in [-0.39, 0.29) is 5.91 Å². The van der Waals surface area contributed by atoms with Crippen LogP contribution in [0.1, 0.15) is 17.5 Å². The lowest BCUT2D eigenvalue weighted by Gasteiger charge is -2.10. The number of ether oxygens (including phenoxy) is 1. The van der Waals surface area contributed by atoms with E-state index in [1.165, 1.54) is 0 Å². The molecule has 0 aliphatic carbocycles. The van der Waals surface area contributed by atoms with Gasteiger partial charge in [-0.2, -0.15) is 0 Å². The Morgan fingerprint density at radius 1 is 1.39 bits per heavy atom. The molecule has 5 heteroatoms. The van der Waals surface area contributed by atoms with Crippen LogP contribution in [0.4, 0.5) is 0 Å². The van der Waals surface area contributed by atoms with E-state index in [0.29, 0.717) is 24.9 Å². The lowest BCUT2D eigenvalue weighted by Crippen LogP contribution is -2.28. The van der Waals surface area contributed by atoms with E-state index in [1.54, 1.807) is 0 Å². The minimum absolute atomic E-state index is 0.0268. The molecular weight excluding hydrogens is 318 g/mol. The molecule has 1 rings (SSSR count). The van der Waals surface area contributed by atoms with Crippen LogP contribution in [0.15, 0.2) is 12.1 Å². The van der Waals surface area contributed by atoms with Crippen molar-refractivity contribution >= 4 is 33.4 Å². The number of carbonyl (C=O) groups excluding carboxylic acids is 1. The molecule has 1 aromatic rings. The monoisotopic (exact) mass is 333 g/mol. The first-order chi connectivity index (χ1) is 8.54. The number of amides is 1. The molecule has 0 aliphatic rings. The van der Waals surface area contributed by atoms with Gasteiger partial charge in [0.25, 0.3) is 0 Å². The first kappa shape index (κ1) is 15.3. The predicted octanol–water partition coefficient (Wildman–Crippen LogP) is 3.24. The maximum absolute atomic E-state index is 11.2. The fourth-order valence-electron chi connectivity index (χ4n) is 1.52. The van der Waals surface area contributed by atoms with E-state index >= 15 is 0 Å². The molecule has 0 unspecified atom stereocenters. The Morgan fingerprint density at radius 3 is 2.56 bits per heavy atom. The van der Waals surface area contributed by atoms with Gasteiger partial charge in [-0.05, 0) is 37.1 Å². The number of halogens is 2. The van der Waals surface area contributed by atoms with Crippen LogP contribution in [0.2, 0.25) is 5.02 Å². The molecule has 0 spiro atoms. The Morgan fingerprint density at radius 2 is 2.00 bits per heavy atom. The van der Waals surface area contributed by atoms with E-state index in [9.17, 15) is 4.79 Å². The second kappa shape index (κ2) is 7.64. The first-order valence-electron chi connectivity index (χ1n) is 5.76. The third-order valence-electron chi connectivity index (χ3n) is 2.42. The highest BCUT2D eigenvalue weighted by atomic mass is 79.9. The minimum Gasteiger partial charge on any atom is -0.492 e. The number of alkyl halides is 1. The van der Waals surface area contributed by atoms with Gasteiger partial charge in [0.2, 0.25) is 5.91 Å². The van der Waals surface area contributed by atoms with Crippen LogP contribution >= 0.6 is 27.5 Å². The third kappa shape index (κ3) is 4.86. The normalized spacial score (nSPS) is 10.2. The summed E-state index contributed by atoms with van der Waals surface area (Å²) in [5.74, 6) is 0.808. The summed E-state index contributed by atoms with van der Waals surface area (Å²) in [4.78, 5) is 11.2. The standard InChI is InChI=1S/C13H17BrClNO2/c1-9-7-11(8-10(2)13(9)15)18-6-5-16-12(17)3-4-14/h7-8H,3-6H2,1-2H3,(H,16,17). The Hall–Kier alpha value is -0.740. The average molecular weight is 335 g/mol. The van der Waals surface area contributed by atoms with Gasteiger partial charge < -0.3 is 10.1 Å². The summed E-state index contributed by atoms with van der Waals surface area (Å²) in [6.07, 6.45) is 0.485. The fourth-order valence-corrected chi connectivity index (χ4v) is 1.99. The van der Waals surface area contributed by atoms with Crippen LogP contribution in [0.3, 0.4) is 0 Å². The van der Waals surface area contributed by atoms with Crippen molar-refractivity contribution in [2.75, 3.05) is 18.5 Å². The molecule has 0 saturated carbocycles. The maximum Gasteiger partial charge on any atom is 0.220 e. The molecule has 0 heterocycles. The van der Waals surface area contributed by atoms with Gasteiger partial charge >= 0.3 is 0 Å². The molecule has 0 aliphatic heterocycles. The van der Waals surface area contributed by atoms with Gasteiger partial charge in [-0.15, -0.1) is 0 Å². The highest BCUT2D eigenvalue weighted by Gasteiger charge is 2.04. The van der Waals surface area contributed by atoms with Crippen LogP contribution in [0.5, 0.6) is 5.75 Å². The first-order valence-corrected chi connectivity index (χ1v) is 7.26. The van der Waals surface area contributed by atoms with Crippen molar-refractivity contribution in [3.05, 3.63) is 28.3 Å². The number of carbonyl (C=O) groups is 1. The minimum atomic E-state index is 0.0268. The summed E-state index contributed by atoms with van der Waals surface area (Å²) in [5, 5.41) is 4.22. The summed E-state index contributed by atoms with van der Waals surface area (Å²) in [5.41, 5.74) is 1.99. The van der Waals surface area contributed by atoms with E-state index in [1.807, 2.05) is 26.0 Å². The summed E-state index contributed by atoms with van der Waals surface area (Å²) >= 11 is 9.28. The van der Waals surface area contributed by atoms with Crippen LogP contribution in [0.25, 0.3) is 0 Å². The molecule has 0 fully saturated rings.